The van der Waals surface area contributed by atoms with E-state index in [2.05, 4.69) is 39.9 Å². The SMILES string of the molecule is Cn1c(N=Nc2ccc([N+](=O)[O-])cc2)ccc1-c1ccc(-c2cccs2)s1. The molecule has 0 radical (unpaired) electrons. The Morgan fingerprint density at radius 1 is 0.926 bits per heavy atom. The highest BCUT2D eigenvalue weighted by Crippen LogP contribution is 2.38. The molecule has 0 aliphatic carbocycles. The van der Waals surface area contributed by atoms with Gasteiger partial charge in [0.2, 0.25) is 0 Å². The van der Waals surface area contributed by atoms with Crippen molar-refractivity contribution in [2.45, 2.75) is 0 Å². The van der Waals surface area contributed by atoms with Gasteiger partial charge in [-0.05, 0) is 47.8 Å². The number of nitrogens with zero attached hydrogens (tertiary/aromatic N) is 4. The molecule has 3 heterocycles. The van der Waals surface area contributed by atoms with E-state index in [-0.39, 0.29) is 5.69 Å². The summed E-state index contributed by atoms with van der Waals surface area (Å²) in [5.74, 6) is 0.717. The zero-order chi connectivity index (χ0) is 18.8. The van der Waals surface area contributed by atoms with Crippen LogP contribution in [0.5, 0.6) is 0 Å². The Morgan fingerprint density at radius 3 is 2.41 bits per heavy atom. The summed E-state index contributed by atoms with van der Waals surface area (Å²) in [4.78, 5) is 13.9. The van der Waals surface area contributed by atoms with Crippen LogP contribution in [-0.4, -0.2) is 9.49 Å². The van der Waals surface area contributed by atoms with Gasteiger partial charge in [0.25, 0.3) is 5.69 Å². The van der Waals surface area contributed by atoms with Crippen molar-refractivity contribution in [3.8, 4) is 20.3 Å². The van der Waals surface area contributed by atoms with Crippen molar-refractivity contribution in [1.29, 1.82) is 0 Å². The fourth-order valence-corrected chi connectivity index (χ4v) is 4.53. The number of hydrogen-bond donors (Lipinski definition) is 0. The van der Waals surface area contributed by atoms with Crippen molar-refractivity contribution in [3.63, 3.8) is 0 Å². The van der Waals surface area contributed by atoms with E-state index in [9.17, 15) is 10.1 Å². The van der Waals surface area contributed by atoms with Crippen LogP contribution in [0, 0.1) is 10.1 Å². The van der Waals surface area contributed by atoms with Crippen LogP contribution in [0.3, 0.4) is 0 Å². The first-order valence-corrected chi connectivity index (χ1v) is 9.77. The summed E-state index contributed by atoms with van der Waals surface area (Å²) in [6.07, 6.45) is 0. The molecule has 4 aromatic rings. The lowest BCUT2D eigenvalue weighted by atomic mass is 10.3. The van der Waals surface area contributed by atoms with Gasteiger partial charge in [0.15, 0.2) is 5.82 Å². The number of benzene rings is 1. The number of nitro benzene ring substituents is 1. The van der Waals surface area contributed by atoms with Gasteiger partial charge in [0, 0.05) is 28.9 Å². The molecule has 6 nitrogen and oxygen atoms in total. The van der Waals surface area contributed by atoms with E-state index in [4.69, 9.17) is 0 Å². The molecule has 0 unspecified atom stereocenters. The molecule has 3 aromatic heterocycles. The van der Waals surface area contributed by atoms with Gasteiger partial charge >= 0.3 is 0 Å². The van der Waals surface area contributed by atoms with Crippen LogP contribution in [0.2, 0.25) is 0 Å². The van der Waals surface area contributed by atoms with Crippen LogP contribution in [-0.2, 0) is 7.05 Å². The van der Waals surface area contributed by atoms with E-state index in [0.717, 1.165) is 16.4 Å². The summed E-state index contributed by atoms with van der Waals surface area (Å²) >= 11 is 3.47. The lowest BCUT2D eigenvalue weighted by Crippen LogP contribution is -1.88. The molecule has 0 amide bonds. The van der Waals surface area contributed by atoms with Crippen molar-refractivity contribution < 1.29 is 4.92 Å². The fourth-order valence-electron chi connectivity index (χ4n) is 2.63. The lowest BCUT2D eigenvalue weighted by Gasteiger charge is -2.02. The van der Waals surface area contributed by atoms with E-state index in [1.807, 2.05) is 23.7 Å². The topological polar surface area (TPSA) is 72.8 Å². The number of thiophene rings is 2. The maximum absolute atomic E-state index is 10.7. The van der Waals surface area contributed by atoms with Crippen LogP contribution in [0.25, 0.3) is 20.3 Å². The minimum absolute atomic E-state index is 0.0364. The highest BCUT2D eigenvalue weighted by Gasteiger charge is 2.11. The molecule has 27 heavy (non-hydrogen) atoms. The third-order valence-electron chi connectivity index (χ3n) is 4.05. The molecule has 0 fully saturated rings. The van der Waals surface area contributed by atoms with Gasteiger partial charge in [-0.15, -0.1) is 32.9 Å². The number of nitro groups is 1. The maximum atomic E-state index is 10.7. The van der Waals surface area contributed by atoms with Gasteiger partial charge in [-0.3, -0.25) is 10.1 Å². The Morgan fingerprint density at radius 2 is 1.70 bits per heavy atom. The van der Waals surface area contributed by atoms with E-state index in [1.165, 1.54) is 21.9 Å². The molecule has 0 saturated carbocycles. The highest BCUT2D eigenvalue weighted by molar-refractivity contribution is 7.23. The van der Waals surface area contributed by atoms with Crippen molar-refractivity contribution in [1.82, 2.24) is 4.57 Å². The summed E-state index contributed by atoms with van der Waals surface area (Å²) in [6.45, 7) is 0. The normalized spacial score (nSPS) is 11.3. The van der Waals surface area contributed by atoms with E-state index in [0.29, 0.717) is 5.69 Å². The minimum Gasteiger partial charge on any atom is -0.327 e. The van der Waals surface area contributed by atoms with Crippen LogP contribution in [0.4, 0.5) is 17.2 Å². The highest BCUT2D eigenvalue weighted by atomic mass is 32.1. The van der Waals surface area contributed by atoms with Crippen LogP contribution in [0.1, 0.15) is 0 Å². The average molecular weight is 394 g/mol. The zero-order valence-corrected chi connectivity index (χ0v) is 15.9. The number of aromatic nitrogens is 1. The molecular weight excluding hydrogens is 380 g/mol. The standard InChI is InChI=1S/C19H14N4O2S2/c1-22-15(16-9-10-18(27-16)17-3-2-12-26-17)8-11-19(22)21-20-13-4-6-14(7-5-13)23(24)25/h2-12H,1H3. The smallest absolute Gasteiger partial charge is 0.269 e. The molecule has 0 bridgehead atoms. The summed E-state index contributed by atoms with van der Waals surface area (Å²) in [5.41, 5.74) is 1.68. The summed E-state index contributed by atoms with van der Waals surface area (Å²) in [5, 5.41) is 21.2. The van der Waals surface area contributed by atoms with Crippen LogP contribution < -0.4 is 0 Å². The Bertz CT molecular complexity index is 1110. The molecule has 134 valence electrons. The predicted molar refractivity (Wildman–Crippen MR) is 109 cm³/mol. The molecule has 0 aliphatic rings. The minimum atomic E-state index is -0.435. The number of hydrogen-bond acceptors (Lipinski definition) is 6. The van der Waals surface area contributed by atoms with Gasteiger partial charge in [-0.2, -0.15) is 0 Å². The van der Waals surface area contributed by atoms with Crippen molar-refractivity contribution in [3.05, 3.63) is 76.2 Å². The van der Waals surface area contributed by atoms with Crippen molar-refractivity contribution in [2.24, 2.45) is 17.3 Å². The van der Waals surface area contributed by atoms with Gasteiger partial charge in [0.1, 0.15) is 0 Å². The largest absolute Gasteiger partial charge is 0.327 e. The molecule has 0 spiro atoms. The molecule has 4 rings (SSSR count). The average Bonchev–Trinajstić information content (AvgIpc) is 3.41. The lowest BCUT2D eigenvalue weighted by molar-refractivity contribution is -0.384. The number of rotatable bonds is 5. The zero-order valence-electron chi connectivity index (χ0n) is 14.3. The molecule has 0 N–H and O–H groups in total. The maximum Gasteiger partial charge on any atom is 0.269 e. The van der Waals surface area contributed by atoms with Gasteiger partial charge in [-0.1, -0.05) is 6.07 Å². The van der Waals surface area contributed by atoms with Crippen molar-refractivity contribution >= 4 is 39.9 Å². The second kappa shape index (κ2) is 7.26. The fraction of sp³-hybridized carbons (Fsp3) is 0.0526. The predicted octanol–water partition coefficient (Wildman–Crippen LogP) is 6.81. The van der Waals surface area contributed by atoms with Crippen molar-refractivity contribution in [2.75, 3.05) is 0 Å². The summed E-state index contributed by atoms with van der Waals surface area (Å²) in [7, 11) is 1.95. The number of azo groups is 1. The van der Waals surface area contributed by atoms with E-state index in [1.54, 1.807) is 34.8 Å². The second-order valence-electron chi connectivity index (χ2n) is 5.75. The Hall–Kier alpha value is -3.10. The number of non-ortho nitro benzene ring substituents is 1. The Balaban J connectivity index is 1.56. The molecule has 1 aromatic carbocycles. The monoisotopic (exact) mass is 394 g/mol. The van der Waals surface area contributed by atoms with E-state index < -0.39 is 4.92 Å². The first-order valence-electron chi connectivity index (χ1n) is 8.08. The first kappa shape index (κ1) is 17.3. The molecular formula is C19H14N4O2S2. The van der Waals surface area contributed by atoms with Gasteiger partial charge in [0.05, 0.1) is 21.2 Å². The first-order chi connectivity index (χ1) is 13.1. The third-order valence-corrected chi connectivity index (χ3v) is 6.22. The van der Waals surface area contributed by atoms with Crippen LogP contribution >= 0.6 is 22.7 Å². The molecule has 8 heteroatoms. The second-order valence-corrected chi connectivity index (χ2v) is 7.78. The van der Waals surface area contributed by atoms with E-state index >= 15 is 0 Å². The molecule has 0 atom stereocenters. The van der Waals surface area contributed by atoms with Gasteiger partial charge < -0.3 is 4.57 Å². The Kier molecular flexibility index (Phi) is 4.66. The molecule has 0 aliphatic heterocycles. The third kappa shape index (κ3) is 3.57. The summed E-state index contributed by atoms with van der Waals surface area (Å²) < 4.78 is 1.99. The Labute approximate surface area is 163 Å². The quantitative estimate of drug-likeness (QED) is 0.212. The van der Waals surface area contributed by atoms with Crippen LogP contribution in [0.15, 0.2) is 76.3 Å². The summed E-state index contributed by atoms with van der Waals surface area (Å²) in [6, 6.07) is 18.4. The molecule has 0 saturated heterocycles. The van der Waals surface area contributed by atoms with Gasteiger partial charge in [-0.25, -0.2) is 0 Å².